The van der Waals surface area contributed by atoms with Crippen LogP contribution < -0.4 is 5.32 Å². The first-order valence-electron chi connectivity index (χ1n) is 8.60. The fraction of sp³-hybridized carbons (Fsp3) is 0.368. The molecule has 26 heavy (non-hydrogen) atoms. The average Bonchev–Trinajstić information content (AvgIpc) is 2.60. The van der Waals surface area contributed by atoms with E-state index >= 15 is 0 Å². The molecule has 2 aromatic rings. The third-order valence-electron chi connectivity index (χ3n) is 4.74. The van der Waals surface area contributed by atoms with Crippen molar-refractivity contribution in [1.82, 2.24) is 4.90 Å². The van der Waals surface area contributed by atoms with Crippen molar-refractivity contribution >= 4 is 11.4 Å². The maximum Gasteiger partial charge on any atom is 0.272 e. The lowest BCUT2D eigenvalue weighted by Crippen LogP contribution is -2.38. The maximum atomic E-state index is 13.3. The van der Waals surface area contributed by atoms with E-state index in [1.54, 1.807) is 25.1 Å². The van der Waals surface area contributed by atoms with Crippen LogP contribution in [0.15, 0.2) is 36.4 Å². The number of hydrogen-bond acceptors (Lipinski definition) is 4. The van der Waals surface area contributed by atoms with Gasteiger partial charge in [-0.25, -0.2) is 8.78 Å². The van der Waals surface area contributed by atoms with Gasteiger partial charge in [-0.1, -0.05) is 6.07 Å². The second-order valence-electron chi connectivity index (χ2n) is 6.70. The molecule has 0 aliphatic carbocycles. The van der Waals surface area contributed by atoms with E-state index in [-0.39, 0.29) is 16.7 Å². The van der Waals surface area contributed by atoms with Crippen molar-refractivity contribution in [3.8, 4) is 0 Å². The highest BCUT2D eigenvalue weighted by Crippen LogP contribution is 2.24. The van der Waals surface area contributed by atoms with Crippen molar-refractivity contribution in [2.45, 2.75) is 32.4 Å². The van der Waals surface area contributed by atoms with Gasteiger partial charge in [-0.15, -0.1) is 0 Å². The quantitative estimate of drug-likeness (QED) is 0.639. The standard InChI is InChI=1S/C19H21F2N3O2/c1-13-10-16(3-5-19(13)24(25)26)22-15-6-8-23(9-7-15)12-14-2-4-17(20)18(21)11-14/h2-5,10-11,15,22H,6-9,12H2,1H3. The number of aryl methyl sites for hydroxylation is 1. The normalized spacial score (nSPS) is 15.8. The summed E-state index contributed by atoms with van der Waals surface area (Å²) in [5.74, 6) is -1.64. The van der Waals surface area contributed by atoms with Gasteiger partial charge < -0.3 is 5.32 Å². The van der Waals surface area contributed by atoms with Gasteiger partial charge in [0, 0.05) is 43.0 Å². The number of benzene rings is 2. The van der Waals surface area contributed by atoms with E-state index in [4.69, 9.17) is 0 Å². The molecule has 7 heteroatoms. The maximum absolute atomic E-state index is 13.3. The van der Waals surface area contributed by atoms with E-state index in [0.29, 0.717) is 12.1 Å². The van der Waals surface area contributed by atoms with Crippen LogP contribution in [0.1, 0.15) is 24.0 Å². The number of rotatable bonds is 5. The van der Waals surface area contributed by atoms with Gasteiger partial charge in [-0.2, -0.15) is 0 Å². The molecular weight excluding hydrogens is 340 g/mol. The molecular formula is C19H21F2N3O2. The van der Waals surface area contributed by atoms with Gasteiger partial charge in [-0.3, -0.25) is 15.0 Å². The molecule has 0 saturated carbocycles. The van der Waals surface area contributed by atoms with Crippen LogP contribution >= 0.6 is 0 Å². The molecule has 5 nitrogen and oxygen atoms in total. The topological polar surface area (TPSA) is 58.4 Å². The number of hydrogen-bond donors (Lipinski definition) is 1. The third kappa shape index (κ3) is 4.35. The second kappa shape index (κ2) is 7.78. The molecule has 0 aromatic heterocycles. The lowest BCUT2D eigenvalue weighted by atomic mass is 10.0. The molecule has 1 heterocycles. The Morgan fingerprint density at radius 2 is 1.88 bits per heavy atom. The predicted octanol–water partition coefficient (Wildman–Crippen LogP) is 4.26. The lowest BCUT2D eigenvalue weighted by molar-refractivity contribution is -0.385. The van der Waals surface area contributed by atoms with Crippen LogP contribution in [0.2, 0.25) is 0 Å². The van der Waals surface area contributed by atoms with Crippen LogP contribution in [0.3, 0.4) is 0 Å². The molecule has 0 amide bonds. The van der Waals surface area contributed by atoms with Crippen LogP contribution in [-0.4, -0.2) is 29.0 Å². The highest BCUT2D eigenvalue weighted by molar-refractivity contribution is 5.54. The minimum atomic E-state index is -0.824. The van der Waals surface area contributed by atoms with Gasteiger partial charge in [0.1, 0.15) is 0 Å². The first-order valence-corrected chi connectivity index (χ1v) is 8.60. The number of nitro groups is 1. The Labute approximate surface area is 150 Å². The van der Waals surface area contributed by atoms with Crippen molar-refractivity contribution in [1.29, 1.82) is 0 Å². The van der Waals surface area contributed by atoms with Crippen molar-refractivity contribution in [3.63, 3.8) is 0 Å². The summed E-state index contributed by atoms with van der Waals surface area (Å²) in [4.78, 5) is 12.7. The summed E-state index contributed by atoms with van der Waals surface area (Å²) in [6, 6.07) is 9.37. The molecule has 0 atom stereocenters. The molecule has 1 N–H and O–H groups in total. The molecule has 1 saturated heterocycles. The summed E-state index contributed by atoms with van der Waals surface area (Å²) in [5.41, 5.74) is 2.40. The van der Waals surface area contributed by atoms with E-state index in [2.05, 4.69) is 10.2 Å². The zero-order chi connectivity index (χ0) is 18.7. The summed E-state index contributed by atoms with van der Waals surface area (Å²) in [6.45, 7) is 4.03. The molecule has 1 aliphatic heterocycles. The summed E-state index contributed by atoms with van der Waals surface area (Å²) in [6.07, 6.45) is 1.83. The number of likely N-dealkylation sites (tertiary alicyclic amines) is 1. The van der Waals surface area contributed by atoms with Gasteiger partial charge in [-0.05, 0) is 49.6 Å². The third-order valence-corrected chi connectivity index (χ3v) is 4.74. The first-order chi connectivity index (χ1) is 12.4. The van der Waals surface area contributed by atoms with E-state index in [0.717, 1.165) is 43.2 Å². The number of halogens is 2. The molecule has 1 aliphatic rings. The molecule has 2 aromatic carbocycles. The molecule has 1 fully saturated rings. The number of piperidine rings is 1. The fourth-order valence-electron chi connectivity index (χ4n) is 3.32. The van der Waals surface area contributed by atoms with E-state index in [1.807, 2.05) is 0 Å². The number of anilines is 1. The number of nitrogens with one attached hydrogen (secondary N) is 1. The second-order valence-corrected chi connectivity index (χ2v) is 6.70. The minimum absolute atomic E-state index is 0.122. The number of nitrogens with zero attached hydrogens (tertiary/aromatic N) is 2. The Morgan fingerprint density at radius 1 is 1.15 bits per heavy atom. The van der Waals surface area contributed by atoms with Gasteiger partial charge in [0.15, 0.2) is 11.6 Å². The van der Waals surface area contributed by atoms with E-state index in [9.17, 15) is 18.9 Å². The Morgan fingerprint density at radius 3 is 2.50 bits per heavy atom. The van der Waals surface area contributed by atoms with Crippen LogP contribution in [0.25, 0.3) is 0 Å². The van der Waals surface area contributed by atoms with E-state index < -0.39 is 11.6 Å². The molecule has 0 unspecified atom stereocenters. The predicted molar refractivity (Wildman–Crippen MR) is 96.1 cm³/mol. The van der Waals surface area contributed by atoms with Crippen LogP contribution in [0.4, 0.5) is 20.2 Å². The average molecular weight is 361 g/mol. The monoisotopic (exact) mass is 361 g/mol. The van der Waals surface area contributed by atoms with Crippen molar-refractivity contribution in [2.75, 3.05) is 18.4 Å². The Kier molecular flexibility index (Phi) is 5.46. The van der Waals surface area contributed by atoms with Gasteiger partial charge >= 0.3 is 0 Å². The highest BCUT2D eigenvalue weighted by Gasteiger charge is 2.20. The molecule has 0 bridgehead atoms. The van der Waals surface area contributed by atoms with Gasteiger partial charge in [0.05, 0.1) is 4.92 Å². The van der Waals surface area contributed by atoms with Crippen LogP contribution in [0, 0.1) is 28.7 Å². The molecule has 3 rings (SSSR count). The van der Waals surface area contributed by atoms with Gasteiger partial charge in [0.25, 0.3) is 5.69 Å². The van der Waals surface area contributed by atoms with Crippen LogP contribution in [-0.2, 0) is 6.54 Å². The molecule has 0 spiro atoms. The first kappa shape index (κ1) is 18.3. The Bertz CT molecular complexity index is 805. The van der Waals surface area contributed by atoms with Crippen LogP contribution in [0.5, 0.6) is 0 Å². The summed E-state index contributed by atoms with van der Waals surface area (Å²) < 4.78 is 26.3. The zero-order valence-corrected chi connectivity index (χ0v) is 14.5. The van der Waals surface area contributed by atoms with Gasteiger partial charge in [0.2, 0.25) is 0 Å². The fourth-order valence-corrected chi connectivity index (χ4v) is 3.32. The van der Waals surface area contributed by atoms with E-state index in [1.165, 1.54) is 12.1 Å². The Balaban J connectivity index is 1.53. The summed E-state index contributed by atoms with van der Waals surface area (Å²) in [7, 11) is 0. The Hall–Kier alpha value is -2.54. The molecule has 0 radical (unpaired) electrons. The molecule has 138 valence electrons. The largest absolute Gasteiger partial charge is 0.382 e. The lowest BCUT2D eigenvalue weighted by Gasteiger charge is -2.33. The summed E-state index contributed by atoms with van der Waals surface area (Å²) >= 11 is 0. The van der Waals surface area contributed by atoms with Crippen molar-refractivity contribution in [3.05, 3.63) is 69.3 Å². The summed E-state index contributed by atoms with van der Waals surface area (Å²) in [5, 5.41) is 14.3. The number of nitro benzene ring substituents is 1. The minimum Gasteiger partial charge on any atom is -0.382 e. The van der Waals surface area contributed by atoms with Crippen molar-refractivity contribution in [2.24, 2.45) is 0 Å². The smallest absolute Gasteiger partial charge is 0.272 e. The zero-order valence-electron chi connectivity index (χ0n) is 14.5. The van der Waals surface area contributed by atoms with Crippen molar-refractivity contribution < 1.29 is 13.7 Å². The SMILES string of the molecule is Cc1cc(NC2CCN(Cc3ccc(F)c(F)c3)CC2)ccc1[N+](=O)[O-]. The highest BCUT2D eigenvalue weighted by atomic mass is 19.2.